The number of likely N-dealkylation sites (N-methyl/N-ethyl adjacent to an activating group) is 1. The summed E-state index contributed by atoms with van der Waals surface area (Å²) in [5.74, 6) is -0.833. The van der Waals surface area contributed by atoms with Crippen LogP contribution in [0.1, 0.15) is 39.0 Å². The molecule has 2 aliphatic rings. The van der Waals surface area contributed by atoms with Crippen LogP contribution in [0.4, 0.5) is 4.79 Å². The van der Waals surface area contributed by atoms with E-state index in [0.717, 1.165) is 38.8 Å². The average molecular weight is 297 g/mol. The number of carbonyl (C=O) groups excluding carboxylic acids is 1. The Labute approximate surface area is 126 Å². The van der Waals surface area contributed by atoms with Gasteiger partial charge in [0.25, 0.3) is 0 Å². The molecule has 0 aromatic rings. The summed E-state index contributed by atoms with van der Waals surface area (Å²) < 4.78 is 0. The Kier molecular flexibility index (Phi) is 5.45. The molecule has 1 aliphatic heterocycles. The number of aliphatic carboxylic acids is 1. The number of hydrogen-bond donors (Lipinski definition) is 2. The van der Waals surface area contributed by atoms with E-state index < -0.39 is 12.0 Å². The fraction of sp³-hybridized carbons (Fsp3) is 0.867. The van der Waals surface area contributed by atoms with Crippen molar-refractivity contribution in [3.05, 3.63) is 0 Å². The van der Waals surface area contributed by atoms with E-state index in [2.05, 4.69) is 10.2 Å². The van der Waals surface area contributed by atoms with Gasteiger partial charge in [0.15, 0.2) is 0 Å². The van der Waals surface area contributed by atoms with Gasteiger partial charge in [0.1, 0.15) is 6.04 Å². The number of carboxylic acids is 1. The van der Waals surface area contributed by atoms with Gasteiger partial charge in [-0.3, -0.25) is 0 Å². The molecule has 6 heteroatoms. The van der Waals surface area contributed by atoms with Gasteiger partial charge in [-0.15, -0.1) is 0 Å². The molecule has 0 radical (unpaired) electrons. The number of carboxylic acid groups (broad SMARTS) is 1. The first-order valence-electron chi connectivity index (χ1n) is 7.97. The third-order valence-electron chi connectivity index (χ3n) is 4.76. The highest BCUT2D eigenvalue weighted by molar-refractivity contribution is 5.83. The maximum atomic E-state index is 12.4. The van der Waals surface area contributed by atoms with Gasteiger partial charge in [0, 0.05) is 25.7 Å². The van der Waals surface area contributed by atoms with Crippen molar-refractivity contribution in [1.82, 2.24) is 15.1 Å². The summed E-state index contributed by atoms with van der Waals surface area (Å²) in [5.41, 5.74) is 0. The summed E-state index contributed by atoms with van der Waals surface area (Å²) in [7, 11) is 2.04. The molecule has 1 aliphatic carbocycles. The summed E-state index contributed by atoms with van der Waals surface area (Å²) >= 11 is 0. The van der Waals surface area contributed by atoms with E-state index in [9.17, 15) is 14.7 Å². The van der Waals surface area contributed by atoms with E-state index in [1.807, 2.05) is 14.0 Å². The molecule has 2 amide bonds. The number of rotatable bonds is 3. The number of amides is 2. The van der Waals surface area contributed by atoms with Crippen molar-refractivity contribution in [3.63, 3.8) is 0 Å². The Morgan fingerprint density at radius 2 is 1.86 bits per heavy atom. The lowest BCUT2D eigenvalue weighted by Gasteiger charge is -2.39. The van der Waals surface area contributed by atoms with Crippen LogP contribution < -0.4 is 5.32 Å². The van der Waals surface area contributed by atoms with Crippen molar-refractivity contribution in [2.75, 3.05) is 26.7 Å². The van der Waals surface area contributed by atoms with E-state index in [4.69, 9.17) is 0 Å². The van der Waals surface area contributed by atoms with E-state index in [0.29, 0.717) is 6.54 Å². The van der Waals surface area contributed by atoms with Gasteiger partial charge in [0.2, 0.25) is 0 Å². The van der Waals surface area contributed by atoms with Crippen LogP contribution in [-0.4, -0.2) is 65.7 Å². The molecule has 6 nitrogen and oxygen atoms in total. The molecule has 0 aromatic carbocycles. The molecule has 2 rings (SSSR count). The highest BCUT2D eigenvalue weighted by Gasteiger charge is 2.33. The highest BCUT2D eigenvalue weighted by Crippen LogP contribution is 2.27. The zero-order valence-electron chi connectivity index (χ0n) is 13.0. The number of piperazine rings is 1. The highest BCUT2D eigenvalue weighted by atomic mass is 16.4. The molecule has 1 saturated heterocycles. The molecule has 2 fully saturated rings. The molecule has 21 heavy (non-hydrogen) atoms. The molecular weight excluding hydrogens is 270 g/mol. The van der Waals surface area contributed by atoms with Crippen LogP contribution in [-0.2, 0) is 4.79 Å². The summed E-state index contributed by atoms with van der Waals surface area (Å²) in [5, 5.41) is 12.2. The third kappa shape index (κ3) is 4.09. The largest absolute Gasteiger partial charge is 0.480 e. The van der Waals surface area contributed by atoms with Crippen LogP contribution in [0.25, 0.3) is 0 Å². The number of nitrogens with one attached hydrogen (secondary N) is 1. The van der Waals surface area contributed by atoms with Crippen LogP contribution in [0.5, 0.6) is 0 Å². The summed E-state index contributed by atoms with van der Waals surface area (Å²) in [6.07, 6.45) is 5.10. The van der Waals surface area contributed by atoms with Gasteiger partial charge in [0.05, 0.1) is 0 Å². The van der Waals surface area contributed by atoms with Crippen molar-refractivity contribution in [1.29, 1.82) is 0 Å². The van der Waals surface area contributed by atoms with Gasteiger partial charge >= 0.3 is 12.0 Å². The van der Waals surface area contributed by atoms with E-state index in [1.165, 1.54) is 6.42 Å². The predicted molar refractivity (Wildman–Crippen MR) is 80.2 cm³/mol. The minimum Gasteiger partial charge on any atom is -0.480 e. The Hall–Kier alpha value is -1.30. The summed E-state index contributed by atoms with van der Waals surface area (Å²) in [6.45, 7) is 4.32. The van der Waals surface area contributed by atoms with Gasteiger partial charge in [-0.2, -0.15) is 0 Å². The Morgan fingerprint density at radius 1 is 1.19 bits per heavy atom. The van der Waals surface area contributed by atoms with E-state index >= 15 is 0 Å². The lowest BCUT2D eigenvalue weighted by Crippen LogP contribution is -2.58. The molecule has 0 aromatic heterocycles. The second kappa shape index (κ2) is 7.11. The fourth-order valence-corrected chi connectivity index (χ4v) is 3.51. The Bertz CT molecular complexity index is 382. The van der Waals surface area contributed by atoms with Gasteiger partial charge < -0.3 is 20.2 Å². The number of urea groups is 1. The number of nitrogens with zero attached hydrogens (tertiary/aromatic N) is 2. The molecule has 1 heterocycles. The third-order valence-corrected chi connectivity index (χ3v) is 4.76. The number of carbonyl (C=O) groups is 2. The Morgan fingerprint density at radius 3 is 2.43 bits per heavy atom. The predicted octanol–water partition coefficient (Wildman–Crippen LogP) is 1.37. The van der Waals surface area contributed by atoms with Crippen molar-refractivity contribution in [3.8, 4) is 0 Å². The summed E-state index contributed by atoms with van der Waals surface area (Å²) in [6, 6.07) is -0.859. The SMILES string of the molecule is CC1CN(C)CCN1C(=O)NC(C(=O)O)C1CCCCC1. The fourth-order valence-electron chi connectivity index (χ4n) is 3.51. The second-order valence-electron chi connectivity index (χ2n) is 6.47. The lowest BCUT2D eigenvalue weighted by molar-refractivity contribution is -0.141. The second-order valence-corrected chi connectivity index (χ2v) is 6.47. The first-order chi connectivity index (χ1) is 9.99. The number of hydrogen-bond acceptors (Lipinski definition) is 3. The van der Waals surface area contributed by atoms with Crippen molar-refractivity contribution in [2.24, 2.45) is 5.92 Å². The van der Waals surface area contributed by atoms with Gasteiger partial charge in [-0.1, -0.05) is 19.3 Å². The molecule has 1 saturated carbocycles. The maximum Gasteiger partial charge on any atom is 0.326 e. The topological polar surface area (TPSA) is 72.9 Å². The molecule has 0 spiro atoms. The first kappa shape index (κ1) is 16.1. The maximum absolute atomic E-state index is 12.4. The normalized spacial score (nSPS) is 26.4. The molecule has 2 N–H and O–H groups in total. The van der Waals surface area contributed by atoms with Gasteiger partial charge in [-0.05, 0) is 32.7 Å². The molecule has 120 valence electrons. The zero-order valence-corrected chi connectivity index (χ0v) is 13.0. The molecule has 0 bridgehead atoms. The molecule has 2 unspecified atom stereocenters. The van der Waals surface area contributed by atoms with Crippen LogP contribution in [0.2, 0.25) is 0 Å². The minimum absolute atomic E-state index is 0.0722. The lowest BCUT2D eigenvalue weighted by atomic mass is 9.84. The van der Waals surface area contributed by atoms with Crippen molar-refractivity contribution >= 4 is 12.0 Å². The zero-order chi connectivity index (χ0) is 15.4. The van der Waals surface area contributed by atoms with Crippen LogP contribution in [0.3, 0.4) is 0 Å². The summed E-state index contributed by atoms with van der Waals surface area (Å²) in [4.78, 5) is 27.9. The standard InChI is InChI=1S/C15H27N3O3/c1-11-10-17(2)8-9-18(11)15(21)16-13(14(19)20)12-6-4-3-5-7-12/h11-13H,3-10H2,1-2H3,(H,16,21)(H,19,20). The van der Waals surface area contributed by atoms with Crippen LogP contribution in [0, 0.1) is 5.92 Å². The van der Waals surface area contributed by atoms with Crippen molar-refractivity contribution < 1.29 is 14.7 Å². The van der Waals surface area contributed by atoms with Crippen LogP contribution in [0.15, 0.2) is 0 Å². The van der Waals surface area contributed by atoms with Crippen molar-refractivity contribution in [2.45, 2.75) is 51.1 Å². The molecule has 2 atom stereocenters. The molecular formula is C15H27N3O3. The van der Waals surface area contributed by atoms with E-state index in [1.54, 1.807) is 4.90 Å². The quantitative estimate of drug-likeness (QED) is 0.825. The average Bonchev–Trinajstić information content (AvgIpc) is 2.45. The minimum atomic E-state index is -0.906. The Balaban J connectivity index is 1.96. The first-order valence-corrected chi connectivity index (χ1v) is 7.97. The van der Waals surface area contributed by atoms with Gasteiger partial charge in [-0.25, -0.2) is 9.59 Å². The monoisotopic (exact) mass is 297 g/mol. The van der Waals surface area contributed by atoms with Crippen LogP contribution >= 0.6 is 0 Å². The van der Waals surface area contributed by atoms with E-state index in [-0.39, 0.29) is 18.0 Å². The smallest absolute Gasteiger partial charge is 0.326 e.